The zero-order valence-corrected chi connectivity index (χ0v) is 21.5. The Balaban J connectivity index is 1.38. The van der Waals surface area contributed by atoms with Gasteiger partial charge in [-0.05, 0) is 71.7 Å². The molecule has 7 nitrogen and oxygen atoms in total. The minimum atomic E-state index is -0.969. The molecule has 1 aromatic heterocycles. The number of carbonyl (C=O) groups is 2. The van der Waals surface area contributed by atoms with Crippen LogP contribution < -0.4 is 10.5 Å². The van der Waals surface area contributed by atoms with Crippen LogP contribution in [-0.2, 0) is 11.2 Å². The van der Waals surface area contributed by atoms with Crippen molar-refractivity contribution in [3.63, 3.8) is 0 Å². The van der Waals surface area contributed by atoms with Gasteiger partial charge in [0, 0.05) is 23.7 Å². The van der Waals surface area contributed by atoms with E-state index in [1.54, 1.807) is 36.3 Å². The number of rotatable bonds is 7. The van der Waals surface area contributed by atoms with Crippen LogP contribution in [0, 0.1) is 0 Å². The number of carboxylic acid groups (broad SMARTS) is 1. The molecule has 5 rings (SSSR count). The first-order chi connectivity index (χ1) is 17.8. The first kappa shape index (κ1) is 24.6. The number of fused-ring (bicyclic) bond motifs is 1. The molecule has 0 radical (unpaired) electrons. The summed E-state index contributed by atoms with van der Waals surface area (Å²) >= 11 is 6.76. The largest absolute Gasteiger partial charge is 0.496 e. The van der Waals surface area contributed by atoms with E-state index in [1.807, 2.05) is 48.7 Å². The Kier molecular flexibility index (Phi) is 6.73. The lowest BCUT2D eigenvalue weighted by Crippen LogP contribution is -2.30. The van der Waals surface area contributed by atoms with Crippen molar-refractivity contribution < 1.29 is 19.4 Å². The third kappa shape index (κ3) is 4.96. The molecule has 9 heteroatoms. The summed E-state index contributed by atoms with van der Waals surface area (Å²) in [5, 5.41) is 10.1. The molecule has 1 amide bonds. The number of anilines is 1. The minimum Gasteiger partial charge on any atom is -0.496 e. The highest BCUT2D eigenvalue weighted by molar-refractivity contribution is 8.26. The van der Waals surface area contributed by atoms with Gasteiger partial charge in [0.15, 0.2) is 0 Å². The number of carboxylic acids is 1. The third-order valence-electron chi connectivity index (χ3n) is 6.22. The van der Waals surface area contributed by atoms with Gasteiger partial charge in [-0.25, -0.2) is 4.79 Å². The topological polar surface area (TPSA) is 109 Å². The van der Waals surface area contributed by atoms with Crippen LogP contribution >= 0.6 is 24.0 Å². The van der Waals surface area contributed by atoms with Crippen LogP contribution in [0.25, 0.3) is 28.1 Å². The maximum Gasteiger partial charge on any atom is 0.335 e. The third-order valence-corrected chi connectivity index (χ3v) is 7.60. The van der Waals surface area contributed by atoms with E-state index in [-0.39, 0.29) is 11.5 Å². The molecular weight excluding hydrogens is 506 g/mol. The molecule has 3 aromatic carbocycles. The zero-order valence-electron chi connectivity index (χ0n) is 19.9. The Morgan fingerprint density at radius 2 is 1.95 bits per heavy atom. The number of thioether (sulfide) groups is 1. The molecule has 0 spiro atoms. The fraction of sp³-hybridized carbons (Fsp3) is 0.107. The SMILES string of the molecule is COc1ccc(C=C2SC(=S)N(CCc3ccc(C(=O)O)cc3)C2=O)cc1-c1cc(N)c2[nH]ccc2c1. The molecule has 2 heterocycles. The maximum absolute atomic E-state index is 13.2. The second-order valence-electron chi connectivity index (χ2n) is 8.55. The quantitative estimate of drug-likeness (QED) is 0.163. The number of aromatic nitrogens is 1. The summed E-state index contributed by atoms with van der Waals surface area (Å²) in [5.41, 5.74) is 11.6. The normalized spacial score (nSPS) is 14.6. The first-order valence-corrected chi connectivity index (χ1v) is 12.7. The van der Waals surface area contributed by atoms with Crippen molar-refractivity contribution >= 4 is 62.8 Å². The second kappa shape index (κ2) is 10.1. The predicted octanol–water partition coefficient (Wildman–Crippen LogP) is 5.57. The number of benzene rings is 3. The van der Waals surface area contributed by atoms with Crippen molar-refractivity contribution in [1.29, 1.82) is 0 Å². The van der Waals surface area contributed by atoms with Gasteiger partial charge in [0.2, 0.25) is 0 Å². The van der Waals surface area contributed by atoms with Gasteiger partial charge >= 0.3 is 5.97 Å². The molecule has 37 heavy (non-hydrogen) atoms. The Hall–Kier alpha value is -4.08. The molecule has 4 N–H and O–H groups in total. The molecule has 1 saturated heterocycles. The van der Waals surface area contributed by atoms with E-state index in [4.69, 9.17) is 27.8 Å². The number of aromatic amines is 1. The van der Waals surface area contributed by atoms with Crippen molar-refractivity contribution in [2.24, 2.45) is 0 Å². The molecule has 0 saturated carbocycles. The highest BCUT2D eigenvalue weighted by Crippen LogP contribution is 2.37. The van der Waals surface area contributed by atoms with Gasteiger partial charge in [-0.3, -0.25) is 9.69 Å². The molecular formula is C28H23N3O4S2. The van der Waals surface area contributed by atoms with Crippen molar-refractivity contribution in [1.82, 2.24) is 9.88 Å². The number of nitrogen functional groups attached to an aromatic ring is 1. The summed E-state index contributed by atoms with van der Waals surface area (Å²) in [7, 11) is 1.62. The minimum absolute atomic E-state index is 0.146. The van der Waals surface area contributed by atoms with E-state index in [0.717, 1.165) is 33.2 Å². The van der Waals surface area contributed by atoms with Crippen LogP contribution in [0.15, 0.2) is 71.8 Å². The lowest BCUT2D eigenvalue weighted by atomic mass is 9.99. The van der Waals surface area contributed by atoms with E-state index in [1.165, 1.54) is 11.8 Å². The number of ether oxygens (including phenoxy) is 1. The van der Waals surface area contributed by atoms with E-state index < -0.39 is 5.97 Å². The second-order valence-corrected chi connectivity index (χ2v) is 10.2. The summed E-state index contributed by atoms with van der Waals surface area (Å²) < 4.78 is 6.10. The van der Waals surface area contributed by atoms with Gasteiger partial charge in [-0.15, -0.1) is 0 Å². The van der Waals surface area contributed by atoms with E-state index in [9.17, 15) is 9.59 Å². The van der Waals surface area contributed by atoms with Gasteiger partial charge in [0.1, 0.15) is 10.1 Å². The Labute approximate surface area is 222 Å². The Morgan fingerprint density at radius 1 is 1.16 bits per heavy atom. The van der Waals surface area contributed by atoms with E-state index in [0.29, 0.717) is 33.6 Å². The van der Waals surface area contributed by atoms with Crippen LogP contribution in [0.2, 0.25) is 0 Å². The van der Waals surface area contributed by atoms with E-state index >= 15 is 0 Å². The smallest absolute Gasteiger partial charge is 0.335 e. The van der Waals surface area contributed by atoms with E-state index in [2.05, 4.69) is 4.98 Å². The molecule has 4 aromatic rings. The van der Waals surface area contributed by atoms with Crippen LogP contribution in [0.1, 0.15) is 21.5 Å². The lowest BCUT2D eigenvalue weighted by molar-refractivity contribution is -0.122. The number of aromatic carboxylic acids is 1. The predicted molar refractivity (Wildman–Crippen MR) is 152 cm³/mol. The maximum atomic E-state index is 13.2. The number of carbonyl (C=O) groups excluding carboxylic acids is 1. The number of thiocarbonyl (C=S) groups is 1. The molecule has 0 aliphatic carbocycles. The number of nitrogens with one attached hydrogen (secondary N) is 1. The average molecular weight is 530 g/mol. The summed E-state index contributed by atoms with van der Waals surface area (Å²) in [6.45, 7) is 0.415. The summed E-state index contributed by atoms with van der Waals surface area (Å²) in [6, 6.07) is 18.3. The van der Waals surface area contributed by atoms with Crippen molar-refractivity contribution in [2.75, 3.05) is 19.4 Å². The summed E-state index contributed by atoms with van der Waals surface area (Å²) in [6.07, 6.45) is 4.25. The Bertz CT molecular complexity index is 1570. The monoisotopic (exact) mass is 529 g/mol. The number of hydrogen-bond acceptors (Lipinski definition) is 6. The molecule has 0 bridgehead atoms. The number of amides is 1. The standard InChI is InChI=1S/C28H23N3O4S2/c1-35-23-7-4-17(12-21(23)20-14-19-8-10-30-25(19)22(29)15-20)13-24-26(32)31(28(36)37-24)11-9-16-2-5-18(6-3-16)27(33)34/h2-8,10,12-15,30H,9,11,29H2,1H3,(H,33,34). The summed E-state index contributed by atoms with van der Waals surface area (Å²) in [4.78, 5) is 29.5. The summed E-state index contributed by atoms with van der Waals surface area (Å²) in [5.74, 6) is -0.413. The van der Waals surface area contributed by atoms with Crippen molar-refractivity contribution in [2.45, 2.75) is 6.42 Å². The molecule has 1 fully saturated rings. The molecule has 186 valence electrons. The van der Waals surface area contributed by atoms with Gasteiger partial charge in [-0.1, -0.05) is 42.2 Å². The van der Waals surface area contributed by atoms with Gasteiger partial charge in [0.25, 0.3) is 5.91 Å². The van der Waals surface area contributed by atoms with Gasteiger partial charge in [0.05, 0.1) is 28.8 Å². The number of nitrogens with two attached hydrogens (primary N) is 1. The van der Waals surface area contributed by atoms with Crippen molar-refractivity contribution in [3.05, 3.63) is 88.5 Å². The fourth-order valence-corrected chi connectivity index (χ4v) is 5.60. The number of methoxy groups -OCH3 is 1. The average Bonchev–Trinajstić information content (AvgIpc) is 3.47. The highest BCUT2D eigenvalue weighted by Gasteiger charge is 2.31. The lowest BCUT2D eigenvalue weighted by Gasteiger charge is -2.14. The van der Waals surface area contributed by atoms with Gasteiger partial charge < -0.3 is 20.6 Å². The number of nitrogens with zero attached hydrogens (tertiary/aromatic N) is 1. The van der Waals surface area contributed by atoms with Crippen molar-refractivity contribution in [3.8, 4) is 16.9 Å². The molecule has 1 aliphatic rings. The van der Waals surface area contributed by atoms with Crippen LogP contribution in [-0.4, -0.2) is 44.8 Å². The van der Waals surface area contributed by atoms with Crippen LogP contribution in [0.4, 0.5) is 5.69 Å². The zero-order chi connectivity index (χ0) is 26.1. The first-order valence-electron chi connectivity index (χ1n) is 11.5. The van der Waals surface area contributed by atoms with Gasteiger partial charge in [-0.2, -0.15) is 0 Å². The van der Waals surface area contributed by atoms with Crippen LogP contribution in [0.3, 0.4) is 0 Å². The number of H-pyrrole nitrogens is 1. The van der Waals surface area contributed by atoms with Crippen LogP contribution in [0.5, 0.6) is 5.75 Å². The highest BCUT2D eigenvalue weighted by atomic mass is 32.2. The fourth-order valence-electron chi connectivity index (χ4n) is 4.30. The number of hydrogen-bond donors (Lipinski definition) is 3. The Morgan fingerprint density at radius 3 is 2.68 bits per heavy atom. The molecule has 0 unspecified atom stereocenters. The molecule has 1 aliphatic heterocycles. The molecule has 0 atom stereocenters.